The number of hydrogen-bond acceptors (Lipinski definition) is 8. The average molecular weight is 488 g/mol. The number of nitrogens with zero attached hydrogens (tertiary/aromatic N) is 3. The van der Waals surface area contributed by atoms with Crippen LogP contribution in [0.15, 0.2) is 47.4 Å². The highest BCUT2D eigenvalue weighted by molar-refractivity contribution is 7.91. The first kappa shape index (κ1) is 23.5. The topological polar surface area (TPSA) is 96.9 Å². The molecule has 3 aromatic rings. The van der Waals surface area contributed by atoms with Crippen LogP contribution >= 0.6 is 11.3 Å². The highest BCUT2D eigenvalue weighted by Gasteiger charge is 2.24. The van der Waals surface area contributed by atoms with E-state index in [2.05, 4.69) is 9.88 Å². The molecule has 0 atom stereocenters. The predicted molar refractivity (Wildman–Crippen MR) is 128 cm³/mol. The van der Waals surface area contributed by atoms with Gasteiger partial charge in [-0.1, -0.05) is 29.5 Å². The minimum Gasteiger partial charge on any atom is -0.379 e. The summed E-state index contributed by atoms with van der Waals surface area (Å²) in [7, 11) is -3.47. The lowest BCUT2D eigenvalue weighted by Gasteiger charge is -2.29. The van der Waals surface area contributed by atoms with E-state index in [9.17, 15) is 18.0 Å². The van der Waals surface area contributed by atoms with Crippen LogP contribution in [0.4, 0.5) is 5.13 Å². The number of carbonyl (C=O) groups is 2. The number of carbonyl (C=O) groups excluding carboxylic acids is 2. The Kier molecular flexibility index (Phi) is 6.89. The minimum absolute atomic E-state index is 0.0716. The zero-order valence-corrected chi connectivity index (χ0v) is 20.1. The molecule has 1 aliphatic rings. The summed E-state index contributed by atoms with van der Waals surface area (Å²) < 4.78 is 30.6. The third kappa shape index (κ3) is 5.30. The molecule has 1 aliphatic heterocycles. The first-order valence-corrected chi connectivity index (χ1v) is 13.3. The molecule has 0 unspecified atom stereocenters. The van der Waals surface area contributed by atoms with Crippen LogP contribution in [0.2, 0.25) is 0 Å². The van der Waals surface area contributed by atoms with Crippen molar-refractivity contribution in [2.24, 2.45) is 0 Å². The lowest BCUT2D eigenvalue weighted by Crippen LogP contribution is -2.43. The number of sulfone groups is 1. The number of benzene rings is 2. The van der Waals surface area contributed by atoms with Crippen molar-refractivity contribution in [3.63, 3.8) is 0 Å². The Morgan fingerprint density at radius 1 is 1.09 bits per heavy atom. The third-order valence-corrected chi connectivity index (χ3v) is 7.70. The lowest BCUT2D eigenvalue weighted by molar-refractivity contribution is 0.0391. The van der Waals surface area contributed by atoms with Crippen molar-refractivity contribution >= 4 is 48.2 Å². The summed E-state index contributed by atoms with van der Waals surface area (Å²) in [6.45, 7) is 5.38. The second-order valence-corrected chi connectivity index (χ2v) is 10.9. The number of anilines is 1. The van der Waals surface area contributed by atoms with Crippen molar-refractivity contribution in [1.82, 2.24) is 9.88 Å². The van der Waals surface area contributed by atoms with Crippen LogP contribution in [0.3, 0.4) is 0 Å². The number of aromatic nitrogens is 1. The third-order valence-electron chi connectivity index (χ3n) is 5.53. The predicted octanol–water partition coefficient (Wildman–Crippen LogP) is 2.88. The van der Waals surface area contributed by atoms with E-state index in [1.54, 1.807) is 41.3 Å². The Balaban J connectivity index is 1.70. The Morgan fingerprint density at radius 2 is 1.76 bits per heavy atom. The fourth-order valence-corrected chi connectivity index (χ4v) is 5.59. The number of ether oxygens (including phenoxy) is 1. The van der Waals surface area contributed by atoms with E-state index >= 15 is 0 Å². The van der Waals surface area contributed by atoms with Gasteiger partial charge in [-0.25, -0.2) is 13.4 Å². The summed E-state index contributed by atoms with van der Waals surface area (Å²) in [6.07, 6.45) is 1.15. The van der Waals surface area contributed by atoms with Gasteiger partial charge in [0, 0.05) is 43.6 Å². The molecule has 0 bridgehead atoms. The van der Waals surface area contributed by atoms with Gasteiger partial charge in [0.25, 0.3) is 5.91 Å². The number of amides is 1. The number of morpholine rings is 1. The fraction of sp³-hybridized carbons (Fsp3) is 0.348. The van der Waals surface area contributed by atoms with Gasteiger partial charge in [0.15, 0.2) is 20.8 Å². The molecule has 10 heteroatoms. The number of para-hydroxylation sites is 1. The maximum absolute atomic E-state index is 13.5. The second kappa shape index (κ2) is 9.68. The molecule has 33 heavy (non-hydrogen) atoms. The summed E-state index contributed by atoms with van der Waals surface area (Å²) in [5.74, 6) is -0.323. The number of fused-ring (bicyclic) bond motifs is 1. The molecule has 1 saturated heterocycles. The molecule has 4 rings (SSSR count). The number of hydrogen-bond donors (Lipinski definition) is 0. The van der Waals surface area contributed by atoms with Crippen molar-refractivity contribution < 1.29 is 22.7 Å². The quantitative estimate of drug-likeness (QED) is 0.473. The van der Waals surface area contributed by atoms with Crippen molar-refractivity contribution in [3.8, 4) is 0 Å². The van der Waals surface area contributed by atoms with Crippen molar-refractivity contribution in [2.45, 2.75) is 11.8 Å². The maximum Gasteiger partial charge on any atom is 0.260 e. The smallest absolute Gasteiger partial charge is 0.260 e. The zero-order valence-electron chi connectivity index (χ0n) is 18.5. The van der Waals surface area contributed by atoms with Crippen LogP contribution in [0, 0.1) is 0 Å². The molecule has 174 valence electrons. The maximum atomic E-state index is 13.5. The van der Waals surface area contributed by atoms with Gasteiger partial charge in [-0.3, -0.25) is 19.4 Å². The highest BCUT2D eigenvalue weighted by atomic mass is 32.2. The number of rotatable bonds is 7. The van der Waals surface area contributed by atoms with Gasteiger partial charge in [-0.2, -0.15) is 0 Å². The van der Waals surface area contributed by atoms with E-state index in [4.69, 9.17) is 4.74 Å². The van der Waals surface area contributed by atoms with Crippen LogP contribution in [-0.4, -0.2) is 75.6 Å². The number of ketones is 1. The number of thiazole rings is 1. The van der Waals surface area contributed by atoms with Gasteiger partial charge in [0.1, 0.15) is 5.52 Å². The average Bonchev–Trinajstić information content (AvgIpc) is 3.23. The van der Waals surface area contributed by atoms with E-state index in [-0.39, 0.29) is 16.6 Å². The molecule has 0 spiro atoms. The van der Waals surface area contributed by atoms with Gasteiger partial charge in [-0.15, -0.1) is 0 Å². The summed E-state index contributed by atoms with van der Waals surface area (Å²) >= 11 is 1.29. The van der Waals surface area contributed by atoms with Gasteiger partial charge in [-0.05, 0) is 31.2 Å². The van der Waals surface area contributed by atoms with Gasteiger partial charge in [0.05, 0.1) is 22.8 Å². The van der Waals surface area contributed by atoms with E-state index in [0.29, 0.717) is 52.8 Å². The molecule has 1 amide bonds. The first-order valence-electron chi connectivity index (χ1n) is 10.6. The Labute approximate surface area is 196 Å². The largest absolute Gasteiger partial charge is 0.379 e. The van der Waals surface area contributed by atoms with Crippen LogP contribution in [0.25, 0.3) is 10.2 Å². The van der Waals surface area contributed by atoms with Gasteiger partial charge >= 0.3 is 0 Å². The first-order chi connectivity index (χ1) is 15.7. The minimum atomic E-state index is -3.47. The summed E-state index contributed by atoms with van der Waals surface area (Å²) in [6, 6.07) is 11.6. The van der Waals surface area contributed by atoms with Crippen molar-refractivity contribution in [1.29, 1.82) is 0 Å². The fourth-order valence-electron chi connectivity index (χ4n) is 3.68. The Morgan fingerprint density at radius 3 is 2.39 bits per heavy atom. The normalized spacial score (nSPS) is 15.0. The molecule has 2 aromatic carbocycles. The molecule has 0 saturated carbocycles. The monoisotopic (exact) mass is 487 g/mol. The number of Topliss-reactive ketones (excluding diaryl/α,β-unsaturated/α-hetero) is 1. The molecule has 2 heterocycles. The molecule has 1 aromatic heterocycles. The highest BCUT2D eigenvalue weighted by Crippen LogP contribution is 2.33. The van der Waals surface area contributed by atoms with E-state index < -0.39 is 9.84 Å². The van der Waals surface area contributed by atoms with Gasteiger partial charge in [0.2, 0.25) is 0 Å². The summed E-state index contributed by atoms with van der Waals surface area (Å²) in [5, 5.41) is 0.440. The molecule has 8 nitrogen and oxygen atoms in total. The molecular weight excluding hydrogens is 462 g/mol. The standard InChI is InChI=1S/C23H25N3O5S2/c1-16(27)17-6-8-18(9-7-17)22(28)26(11-10-25-12-14-31-15-13-25)23-24-21-19(32-23)4-3-5-20(21)33(2,29)30/h3-9H,10-15H2,1-2H3. The van der Waals surface area contributed by atoms with E-state index in [1.165, 1.54) is 24.3 Å². The molecular formula is C23H25N3O5S2. The molecule has 1 fully saturated rings. The Hall–Kier alpha value is -2.66. The van der Waals surface area contributed by atoms with E-state index in [1.807, 2.05) is 0 Å². The zero-order chi connectivity index (χ0) is 23.6. The molecule has 0 aliphatic carbocycles. The van der Waals surface area contributed by atoms with Crippen LogP contribution in [0.1, 0.15) is 27.6 Å². The van der Waals surface area contributed by atoms with Crippen molar-refractivity contribution in [3.05, 3.63) is 53.6 Å². The molecule has 0 radical (unpaired) electrons. The van der Waals surface area contributed by atoms with Crippen LogP contribution in [0.5, 0.6) is 0 Å². The van der Waals surface area contributed by atoms with Crippen LogP contribution in [-0.2, 0) is 14.6 Å². The lowest BCUT2D eigenvalue weighted by atomic mass is 10.1. The molecule has 0 N–H and O–H groups in total. The van der Waals surface area contributed by atoms with Crippen LogP contribution < -0.4 is 4.90 Å². The van der Waals surface area contributed by atoms with Crippen molar-refractivity contribution in [2.75, 3.05) is 50.5 Å². The van der Waals surface area contributed by atoms with Gasteiger partial charge < -0.3 is 4.74 Å². The van der Waals surface area contributed by atoms with E-state index in [0.717, 1.165) is 19.3 Å². The summed E-state index contributed by atoms with van der Waals surface area (Å²) in [5.41, 5.74) is 1.34. The SMILES string of the molecule is CC(=O)c1ccc(C(=O)N(CCN2CCOCC2)c2nc3c(S(C)(=O)=O)cccc3s2)cc1. The Bertz CT molecular complexity index is 1280. The summed E-state index contributed by atoms with van der Waals surface area (Å²) in [4.78, 5) is 33.6. The second-order valence-electron chi connectivity index (χ2n) is 7.92.